The number of carbonyl (C=O) groups is 4. The Labute approximate surface area is 157 Å². The maximum Gasteiger partial charge on any atom is 0.303 e. The van der Waals surface area contributed by atoms with Crippen molar-refractivity contribution in [2.75, 3.05) is 6.61 Å². The third-order valence-corrected chi connectivity index (χ3v) is 3.92. The summed E-state index contributed by atoms with van der Waals surface area (Å²) in [6.07, 6.45) is -4.94. The second-order valence-electron chi connectivity index (χ2n) is 5.20. The highest BCUT2D eigenvalue weighted by Crippen LogP contribution is 2.42. The summed E-state index contributed by atoms with van der Waals surface area (Å²) in [5.74, 6) is -2.77. The zero-order chi connectivity index (χ0) is 19.4. The number of carbonyl (C=O) groups excluding carboxylic acids is 4. The Bertz CT molecular complexity index is 550. The minimum atomic E-state index is -1.81. The highest BCUT2D eigenvalue weighted by atomic mass is 79.9. The molecule has 0 aromatic heterocycles. The molecular formula is C14H18BrClO9. The van der Waals surface area contributed by atoms with Crippen LogP contribution in [-0.2, 0) is 42.9 Å². The van der Waals surface area contributed by atoms with E-state index in [4.69, 9.17) is 35.3 Å². The van der Waals surface area contributed by atoms with Gasteiger partial charge in [-0.3, -0.25) is 19.2 Å². The molecule has 9 nitrogen and oxygen atoms in total. The van der Waals surface area contributed by atoms with E-state index in [1.165, 1.54) is 6.92 Å². The molecule has 11 heteroatoms. The number of esters is 4. The van der Waals surface area contributed by atoms with Gasteiger partial charge in [-0.15, -0.1) is 0 Å². The number of halogens is 2. The first-order valence-electron chi connectivity index (χ1n) is 7.14. The molecule has 0 aromatic rings. The van der Waals surface area contributed by atoms with Crippen LogP contribution >= 0.6 is 27.5 Å². The van der Waals surface area contributed by atoms with Crippen molar-refractivity contribution in [1.82, 2.24) is 0 Å². The van der Waals surface area contributed by atoms with Crippen molar-refractivity contribution in [2.24, 2.45) is 0 Å². The quantitative estimate of drug-likeness (QED) is 0.347. The Hall–Kier alpha value is -1.39. The lowest BCUT2D eigenvalue weighted by Gasteiger charge is -2.46. The molecular weight excluding hydrogens is 428 g/mol. The van der Waals surface area contributed by atoms with E-state index in [-0.39, 0.29) is 6.61 Å². The molecule has 1 saturated heterocycles. The van der Waals surface area contributed by atoms with Gasteiger partial charge < -0.3 is 23.7 Å². The van der Waals surface area contributed by atoms with Crippen molar-refractivity contribution in [3.63, 3.8) is 0 Å². The van der Waals surface area contributed by atoms with Gasteiger partial charge in [0.1, 0.15) is 12.7 Å². The predicted molar refractivity (Wildman–Crippen MR) is 85.7 cm³/mol. The lowest BCUT2D eigenvalue weighted by Crippen LogP contribution is -2.64. The standard InChI is InChI=1S/C14H18BrClO9/c1-6(17)21-5-10-11(22-7(2)18)12(23-8(3)19)13(24-9(4)20)14(15,16)25-10/h10-13H,5H2,1-4H3/t10-,11+,12+,13-,14+/m1/s1. The number of ether oxygens (including phenoxy) is 5. The van der Waals surface area contributed by atoms with Crippen LogP contribution in [0.1, 0.15) is 27.7 Å². The molecule has 0 N–H and O–H groups in total. The Morgan fingerprint density at radius 3 is 1.84 bits per heavy atom. The van der Waals surface area contributed by atoms with Gasteiger partial charge >= 0.3 is 23.9 Å². The monoisotopic (exact) mass is 444 g/mol. The first-order valence-corrected chi connectivity index (χ1v) is 8.31. The molecule has 1 aliphatic rings. The molecule has 0 amide bonds. The summed E-state index contributed by atoms with van der Waals surface area (Å²) >= 11 is 9.27. The number of rotatable bonds is 5. The van der Waals surface area contributed by atoms with E-state index in [1.807, 2.05) is 0 Å². The molecule has 0 saturated carbocycles. The second-order valence-corrected chi connectivity index (χ2v) is 7.39. The Balaban J connectivity index is 3.24. The maximum atomic E-state index is 11.5. The van der Waals surface area contributed by atoms with E-state index in [0.29, 0.717) is 0 Å². The third kappa shape index (κ3) is 6.44. The molecule has 1 heterocycles. The average molecular weight is 446 g/mol. The van der Waals surface area contributed by atoms with Crippen molar-refractivity contribution in [3.8, 4) is 0 Å². The van der Waals surface area contributed by atoms with Crippen LogP contribution in [0, 0.1) is 0 Å². The largest absolute Gasteiger partial charge is 0.463 e. The van der Waals surface area contributed by atoms with Gasteiger partial charge in [0.15, 0.2) is 18.3 Å². The van der Waals surface area contributed by atoms with Crippen molar-refractivity contribution >= 4 is 51.4 Å². The molecule has 0 radical (unpaired) electrons. The molecule has 142 valence electrons. The zero-order valence-electron chi connectivity index (χ0n) is 13.9. The van der Waals surface area contributed by atoms with E-state index >= 15 is 0 Å². The molecule has 1 rings (SSSR count). The lowest BCUT2D eigenvalue weighted by atomic mass is 9.99. The molecule has 0 bridgehead atoms. The van der Waals surface area contributed by atoms with Gasteiger partial charge in [-0.1, -0.05) is 11.6 Å². The van der Waals surface area contributed by atoms with Gasteiger partial charge in [0.2, 0.25) is 3.97 Å². The molecule has 5 atom stereocenters. The van der Waals surface area contributed by atoms with Crippen LogP contribution < -0.4 is 0 Å². The average Bonchev–Trinajstić information content (AvgIpc) is 2.42. The van der Waals surface area contributed by atoms with Gasteiger partial charge in [0.05, 0.1) is 0 Å². The van der Waals surface area contributed by atoms with Crippen molar-refractivity contribution in [1.29, 1.82) is 0 Å². The van der Waals surface area contributed by atoms with Crippen LogP contribution in [0.2, 0.25) is 0 Å². The molecule has 1 aliphatic heterocycles. The van der Waals surface area contributed by atoms with E-state index in [2.05, 4.69) is 15.9 Å². The smallest absolute Gasteiger partial charge is 0.303 e. The number of hydrogen-bond acceptors (Lipinski definition) is 9. The Morgan fingerprint density at radius 1 is 0.920 bits per heavy atom. The summed E-state index contributed by atoms with van der Waals surface area (Å²) in [7, 11) is 0. The van der Waals surface area contributed by atoms with Crippen LogP contribution in [0.25, 0.3) is 0 Å². The fourth-order valence-corrected chi connectivity index (χ4v) is 3.09. The fourth-order valence-electron chi connectivity index (χ4n) is 2.21. The SMILES string of the molecule is CC(=O)OC[C@H]1O[C@](Cl)(Br)[C@H](OC(C)=O)[C@@H](OC(C)=O)[C@H]1OC(C)=O. The van der Waals surface area contributed by atoms with Crippen LogP contribution in [0.15, 0.2) is 0 Å². The molecule has 0 aromatic carbocycles. The highest BCUT2D eigenvalue weighted by Gasteiger charge is 2.58. The minimum absolute atomic E-state index is 0.335. The molecule has 0 spiro atoms. The van der Waals surface area contributed by atoms with E-state index < -0.39 is 52.3 Å². The number of hydrogen-bond donors (Lipinski definition) is 0. The van der Waals surface area contributed by atoms with Gasteiger partial charge in [-0.25, -0.2) is 0 Å². The molecule has 0 aliphatic carbocycles. The van der Waals surface area contributed by atoms with Crippen molar-refractivity contribution in [2.45, 2.75) is 56.1 Å². The summed E-state index contributed by atoms with van der Waals surface area (Å²) in [6.45, 7) is 4.22. The highest BCUT2D eigenvalue weighted by molar-refractivity contribution is 9.10. The van der Waals surface area contributed by atoms with E-state index in [1.54, 1.807) is 0 Å². The van der Waals surface area contributed by atoms with Gasteiger partial charge in [0.25, 0.3) is 0 Å². The van der Waals surface area contributed by atoms with Gasteiger partial charge in [-0.05, 0) is 15.9 Å². The van der Waals surface area contributed by atoms with Crippen LogP contribution in [0.3, 0.4) is 0 Å². The first-order chi connectivity index (χ1) is 11.4. The predicted octanol–water partition coefficient (Wildman–Crippen LogP) is 1.03. The molecule has 1 fully saturated rings. The molecule has 0 unspecified atom stereocenters. The van der Waals surface area contributed by atoms with Gasteiger partial charge in [0, 0.05) is 27.7 Å². The number of alkyl halides is 2. The normalized spacial score (nSPS) is 31.6. The fraction of sp³-hybridized carbons (Fsp3) is 0.714. The van der Waals surface area contributed by atoms with Crippen LogP contribution in [0.5, 0.6) is 0 Å². The van der Waals surface area contributed by atoms with Crippen LogP contribution in [0.4, 0.5) is 0 Å². The first kappa shape index (κ1) is 21.7. The van der Waals surface area contributed by atoms with E-state index in [9.17, 15) is 19.2 Å². The zero-order valence-corrected chi connectivity index (χ0v) is 16.3. The topological polar surface area (TPSA) is 114 Å². The Kier molecular flexibility index (Phi) is 7.63. The third-order valence-electron chi connectivity index (χ3n) is 2.98. The maximum absolute atomic E-state index is 11.5. The summed E-state index contributed by atoms with van der Waals surface area (Å²) < 4.78 is 24.0. The van der Waals surface area contributed by atoms with Gasteiger partial charge in [-0.2, -0.15) is 0 Å². The summed E-state index contributed by atoms with van der Waals surface area (Å²) in [4.78, 5) is 45.4. The lowest BCUT2D eigenvalue weighted by molar-refractivity contribution is -0.244. The van der Waals surface area contributed by atoms with Crippen molar-refractivity contribution < 1.29 is 42.9 Å². The Morgan fingerprint density at radius 2 is 1.40 bits per heavy atom. The minimum Gasteiger partial charge on any atom is -0.463 e. The molecule has 25 heavy (non-hydrogen) atoms. The van der Waals surface area contributed by atoms with Crippen LogP contribution in [-0.4, -0.2) is 58.9 Å². The van der Waals surface area contributed by atoms with E-state index in [0.717, 1.165) is 20.8 Å². The summed E-state index contributed by atoms with van der Waals surface area (Å²) in [6, 6.07) is 0. The summed E-state index contributed by atoms with van der Waals surface area (Å²) in [5.41, 5.74) is 0. The van der Waals surface area contributed by atoms with Crippen molar-refractivity contribution in [3.05, 3.63) is 0 Å². The second kappa shape index (κ2) is 8.81. The summed E-state index contributed by atoms with van der Waals surface area (Å²) in [5, 5.41) is 0.